The zero-order chi connectivity index (χ0) is 13.6. The van der Waals surface area contributed by atoms with Gasteiger partial charge in [-0.2, -0.15) is 4.72 Å². The third-order valence-corrected chi connectivity index (χ3v) is 3.52. The maximum atomic E-state index is 11.8. The van der Waals surface area contributed by atoms with Gasteiger partial charge in [-0.15, -0.1) is 0 Å². The molecule has 98 valence electrons. The molecule has 0 atom stereocenters. The molecule has 1 aromatic rings. The highest BCUT2D eigenvalue weighted by Gasteiger charge is 2.15. The summed E-state index contributed by atoms with van der Waals surface area (Å²) in [6, 6.07) is 6.33. The summed E-state index contributed by atoms with van der Waals surface area (Å²) in [4.78, 5) is 11.3. The number of nitrogens with one attached hydrogen (secondary N) is 1. The molecule has 0 aliphatic heterocycles. The van der Waals surface area contributed by atoms with E-state index in [0.29, 0.717) is 0 Å². The van der Waals surface area contributed by atoms with Gasteiger partial charge in [0, 0.05) is 0 Å². The van der Waals surface area contributed by atoms with Crippen LogP contribution >= 0.6 is 0 Å². The highest BCUT2D eigenvalue weighted by atomic mass is 32.2. The molecule has 5 nitrogen and oxygen atoms in total. The van der Waals surface area contributed by atoms with Crippen LogP contribution in [0.2, 0.25) is 0 Å². The summed E-state index contributed by atoms with van der Waals surface area (Å²) < 4.78 is 30.4. The summed E-state index contributed by atoms with van der Waals surface area (Å²) in [6.45, 7) is 4.90. The van der Waals surface area contributed by atoms with Crippen molar-refractivity contribution in [3.63, 3.8) is 0 Å². The SMILES string of the molecule is C=CCOC(=O)CNS(=O)(=O)c1ccc(C)cc1. The van der Waals surface area contributed by atoms with Gasteiger partial charge in [-0.25, -0.2) is 8.42 Å². The van der Waals surface area contributed by atoms with Crippen LogP contribution in [0.25, 0.3) is 0 Å². The molecular weight excluding hydrogens is 254 g/mol. The number of aryl methyl sites for hydroxylation is 1. The smallest absolute Gasteiger partial charge is 0.321 e. The van der Waals surface area contributed by atoms with Gasteiger partial charge >= 0.3 is 5.97 Å². The van der Waals surface area contributed by atoms with Crippen LogP contribution in [-0.2, 0) is 19.6 Å². The van der Waals surface area contributed by atoms with Crippen molar-refractivity contribution in [2.45, 2.75) is 11.8 Å². The van der Waals surface area contributed by atoms with E-state index >= 15 is 0 Å². The molecule has 0 radical (unpaired) electrons. The van der Waals surface area contributed by atoms with Gasteiger partial charge < -0.3 is 4.74 Å². The Hall–Kier alpha value is -1.66. The van der Waals surface area contributed by atoms with Crippen LogP contribution in [0.15, 0.2) is 41.8 Å². The van der Waals surface area contributed by atoms with Gasteiger partial charge in [0.2, 0.25) is 10.0 Å². The quantitative estimate of drug-likeness (QED) is 0.618. The van der Waals surface area contributed by atoms with E-state index in [1.54, 1.807) is 12.1 Å². The van der Waals surface area contributed by atoms with Crippen LogP contribution in [-0.4, -0.2) is 27.5 Å². The molecule has 1 rings (SSSR count). The number of carbonyl (C=O) groups is 1. The van der Waals surface area contributed by atoms with Gasteiger partial charge in [0.25, 0.3) is 0 Å². The van der Waals surface area contributed by atoms with Crippen molar-refractivity contribution < 1.29 is 17.9 Å². The Balaban J connectivity index is 2.62. The predicted molar refractivity (Wildman–Crippen MR) is 67.5 cm³/mol. The highest BCUT2D eigenvalue weighted by Crippen LogP contribution is 2.09. The molecule has 0 saturated carbocycles. The number of ether oxygens (including phenoxy) is 1. The van der Waals surface area contributed by atoms with Crippen LogP contribution < -0.4 is 4.72 Å². The van der Waals surface area contributed by atoms with E-state index < -0.39 is 22.5 Å². The Kier molecular flexibility index (Phi) is 5.06. The van der Waals surface area contributed by atoms with Crippen LogP contribution in [0.3, 0.4) is 0 Å². The molecule has 0 fully saturated rings. The van der Waals surface area contributed by atoms with Gasteiger partial charge in [0.1, 0.15) is 13.2 Å². The second-order valence-corrected chi connectivity index (χ2v) is 5.38. The van der Waals surface area contributed by atoms with Crippen LogP contribution in [0.5, 0.6) is 0 Å². The minimum atomic E-state index is -3.67. The molecule has 1 N–H and O–H groups in total. The minimum Gasteiger partial charge on any atom is -0.460 e. The average molecular weight is 269 g/mol. The molecule has 0 aromatic heterocycles. The summed E-state index contributed by atoms with van der Waals surface area (Å²) in [6.07, 6.45) is 1.41. The maximum Gasteiger partial charge on any atom is 0.321 e. The Morgan fingerprint density at radius 3 is 2.56 bits per heavy atom. The van der Waals surface area contributed by atoms with Crippen molar-refractivity contribution in [1.29, 1.82) is 0 Å². The first-order valence-corrected chi connectivity index (χ1v) is 6.77. The van der Waals surface area contributed by atoms with Crippen molar-refractivity contribution in [3.8, 4) is 0 Å². The van der Waals surface area contributed by atoms with E-state index in [0.717, 1.165) is 5.56 Å². The van der Waals surface area contributed by atoms with E-state index in [1.807, 2.05) is 6.92 Å². The third-order valence-electron chi connectivity index (χ3n) is 2.10. The van der Waals surface area contributed by atoms with Gasteiger partial charge in [0.05, 0.1) is 4.90 Å². The fourth-order valence-corrected chi connectivity index (χ4v) is 2.13. The van der Waals surface area contributed by atoms with Crippen molar-refractivity contribution in [2.24, 2.45) is 0 Å². The van der Waals surface area contributed by atoms with Gasteiger partial charge in [-0.3, -0.25) is 4.79 Å². The summed E-state index contributed by atoms with van der Waals surface area (Å²) in [5, 5.41) is 0. The van der Waals surface area contributed by atoms with E-state index in [9.17, 15) is 13.2 Å². The molecule has 0 aliphatic rings. The lowest BCUT2D eigenvalue weighted by Crippen LogP contribution is -2.30. The molecule has 0 unspecified atom stereocenters. The minimum absolute atomic E-state index is 0.0606. The lowest BCUT2D eigenvalue weighted by atomic mass is 10.2. The maximum absolute atomic E-state index is 11.8. The van der Waals surface area contributed by atoms with Crippen molar-refractivity contribution in [2.75, 3.05) is 13.2 Å². The van der Waals surface area contributed by atoms with Crippen LogP contribution in [0.1, 0.15) is 5.56 Å². The molecule has 0 bridgehead atoms. The number of esters is 1. The Bertz CT molecular complexity index is 520. The number of benzene rings is 1. The molecule has 6 heteroatoms. The van der Waals surface area contributed by atoms with Gasteiger partial charge in [-0.05, 0) is 19.1 Å². The third kappa shape index (κ3) is 4.31. The molecule has 18 heavy (non-hydrogen) atoms. The fraction of sp³-hybridized carbons (Fsp3) is 0.250. The molecule has 0 aliphatic carbocycles. The lowest BCUT2D eigenvalue weighted by molar-refractivity contribution is -0.140. The molecule has 1 aromatic carbocycles. The number of hydrogen-bond donors (Lipinski definition) is 1. The van der Waals surface area contributed by atoms with Crippen LogP contribution in [0.4, 0.5) is 0 Å². The summed E-state index contributed by atoms with van der Waals surface area (Å²) in [5.41, 5.74) is 0.958. The number of carbonyl (C=O) groups excluding carboxylic acids is 1. The molecule has 0 saturated heterocycles. The van der Waals surface area contributed by atoms with Crippen molar-refractivity contribution >= 4 is 16.0 Å². The Labute approximate surface area is 107 Å². The fourth-order valence-electron chi connectivity index (χ4n) is 1.16. The molecular formula is C12H15NO4S. The second kappa shape index (κ2) is 6.32. The normalized spacial score (nSPS) is 10.9. The Morgan fingerprint density at radius 1 is 1.39 bits per heavy atom. The first kappa shape index (κ1) is 14.4. The standard InChI is InChI=1S/C12H15NO4S/c1-3-8-17-12(14)9-13-18(15,16)11-6-4-10(2)5-7-11/h3-7,13H,1,8-9H2,2H3. The van der Waals surface area contributed by atoms with Crippen molar-refractivity contribution in [1.82, 2.24) is 4.72 Å². The predicted octanol–water partition coefficient (Wildman–Crippen LogP) is 1.00. The van der Waals surface area contributed by atoms with E-state index in [4.69, 9.17) is 0 Å². The summed E-state index contributed by atoms with van der Waals surface area (Å²) in [7, 11) is -3.67. The van der Waals surface area contributed by atoms with Gasteiger partial charge in [-0.1, -0.05) is 30.4 Å². The molecule has 0 spiro atoms. The lowest BCUT2D eigenvalue weighted by Gasteiger charge is -2.06. The zero-order valence-electron chi connectivity index (χ0n) is 10.0. The van der Waals surface area contributed by atoms with Gasteiger partial charge in [0.15, 0.2) is 0 Å². The van der Waals surface area contributed by atoms with Crippen molar-refractivity contribution in [3.05, 3.63) is 42.5 Å². The first-order chi connectivity index (χ1) is 8.45. The number of sulfonamides is 1. The first-order valence-electron chi connectivity index (χ1n) is 5.28. The summed E-state index contributed by atoms with van der Waals surface area (Å²) >= 11 is 0. The molecule has 0 heterocycles. The molecule has 0 amide bonds. The monoisotopic (exact) mass is 269 g/mol. The van der Waals surface area contributed by atoms with Crippen LogP contribution in [0, 0.1) is 6.92 Å². The van der Waals surface area contributed by atoms with E-state index in [2.05, 4.69) is 16.0 Å². The van der Waals surface area contributed by atoms with E-state index in [1.165, 1.54) is 18.2 Å². The Morgan fingerprint density at radius 2 is 2.00 bits per heavy atom. The topological polar surface area (TPSA) is 72.5 Å². The average Bonchev–Trinajstić information content (AvgIpc) is 2.34. The van der Waals surface area contributed by atoms with E-state index in [-0.39, 0.29) is 11.5 Å². The second-order valence-electron chi connectivity index (χ2n) is 3.61. The highest BCUT2D eigenvalue weighted by molar-refractivity contribution is 7.89. The summed E-state index contributed by atoms with van der Waals surface area (Å²) in [5.74, 6) is -0.648. The largest absolute Gasteiger partial charge is 0.460 e. The number of hydrogen-bond acceptors (Lipinski definition) is 4. The number of rotatable bonds is 6. The zero-order valence-corrected chi connectivity index (χ0v) is 10.9.